The molecule has 0 aliphatic carbocycles. The zero-order valence-electron chi connectivity index (χ0n) is 10.2. The largest absolute Gasteiger partial charge is 0.397 e. The van der Waals surface area contributed by atoms with E-state index in [0.717, 1.165) is 16.6 Å². The molecule has 0 fully saturated rings. The highest BCUT2D eigenvalue weighted by Gasteiger charge is 2.14. The Morgan fingerprint density at radius 2 is 2.05 bits per heavy atom. The molecule has 2 aromatic carbocycles. The molecule has 0 bridgehead atoms. The average Bonchev–Trinajstić information content (AvgIpc) is 2.70. The van der Waals surface area contributed by atoms with Gasteiger partial charge in [0.2, 0.25) is 0 Å². The summed E-state index contributed by atoms with van der Waals surface area (Å²) < 4.78 is 15.1. The number of imidazole rings is 1. The molecule has 5 heteroatoms. The molecule has 3 rings (SSSR count). The maximum absolute atomic E-state index is 13.3. The fourth-order valence-corrected chi connectivity index (χ4v) is 2.31. The number of anilines is 1. The number of hydrogen-bond acceptors (Lipinski definition) is 2. The normalized spacial score (nSPS) is 11.1. The molecular weight excluding hydrogens is 265 g/mol. The molecule has 0 saturated heterocycles. The summed E-state index contributed by atoms with van der Waals surface area (Å²) in [6.45, 7) is 0. The van der Waals surface area contributed by atoms with Gasteiger partial charge in [-0.05, 0) is 30.3 Å². The highest BCUT2D eigenvalue weighted by Crippen LogP contribution is 2.32. The van der Waals surface area contributed by atoms with Crippen LogP contribution >= 0.6 is 11.6 Å². The van der Waals surface area contributed by atoms with Crippen molar-refractivity contribution in [1.29, 1.82) is 0 Å². The van der Waals surface area contributed by atoms with Crippen molar-refractivity contribution in [3.05, 3.63) is 47.2 Å². The van der Waals surface area contributed by atoms with Crippen LogP contribution < -0.4 is 5.73 Å². The van der Waals surface area contributed by atoms with Crippen molar-refractivity contribution >= 4 is 28.3 Å². The van der Waals surface area contributed by atoms with Crippen LogP contribution in [0.4, 0.5) is 10.1 Å². The molecule has 1 heterocycles. The predicted molar refractivity (Wildman–Crippen MR) is 75.5 cm³/mol. The molecule has 0 unspecified atom stereocenters. The minimum absolute atomic E-state index is 0.291. The van der Waals surface area contributed by atoms with Gasteiger partial charge in [0.1, 0.15) is 11.6 Å². The fraction of sp³-hybridized carbons (Fsp3) is 0.0714. The van der Waals surface area contributed by atoms with Crippen LogP contribution in [0.5, 0.6) is 0 Å². The number of aromatic nitrogens is 2. The first-order valence-electron chi connectivity index (χ1n) is 5.74. The second-order valence-electron chi connectivity index (χ2n) is 4.33. The van der Waals surface area contributed by atoms with E-state index in [2.05, 4.69) is 4.98 Å². The molecule has 3 aromatic rings. The van der Waals surface area contributed by atoms with E-state index in [-0.39, 0.29) is 5.82 Å². The van der Waals surface area contributed by atoms with Crippen LogP contribution in [0.2, 0.25) is 5.02 Å². The number of nitrogens with two attached hydrogens (primary N) is 1. The summed E-state index contributed by atoms with van der Waals surface area (Å²) in [6, 6.07) is 9.87. The first kappa shape index (κ1) is 12.0. The van der Waals surface area contributed by atoms with E-state index in [9.17, 15) is 4.39 Å². The lowest BCUT2D eigenvalue weighted by Crippen LogP contribution is -1.97. The molecule has 0 spiro atoms. The van der Waals surface area contributed by atoms with Gasteiger partial charge in [0.05, 0.1) is 21.7 Å². The van der Waals surface area contributed by atoms with Crippen molar-refractivity contribution in [3.8, 4) is 11.4 Å². The van der Waals surface area contributed by atoms with Gasteiger partial charge in [-0.3, -0.25) is 0 Å². The SMILES string of the molecule is Cn1c(-c2cccc(Cl)c2N)nc2ccc(F)cc21. The molecule has 96 valence electrons. The summed E-state index contributed by atoms with van der Waals surface area (Å²) in [6.07, 6.45) is 0. The molecule has 19 heavy (non-hydrogen) atoms. The van der Waals surface area contributed by atoms with E-state index in [0.29, 0.717) is 16.5 Å². The summed E-state index contributed by atoms with van der Waals surface area (Å²) in [5.41, 5.74) is 8.63. The lowest BCUT2D eigenvalue weighted by Gasteiger charge is -2.07. The Kier molecular flexibility index (Phi) is 2.68. The van der Waals surface area contributed by atoms with E-state index in [1.807, 2.05) is 19.2 Å². The summed E-state index contributed by atoms with van der Waals surface area (Å²) >= 11 is 6.02. The maximum Gasteiger partial charge on any atom is 0.143 e. The van der Waals surface area contributed by atoms with E-state index < -0.39 is 0 Å². The van der Waals surface area contributed by atoms with Crippen molar-refractivity contribution in [2.45, 2.75) is 0 Å². The van der Waals surface area contributed by atoms with Crippen LogP contribution in [0.25, 0.3) is 22.4 Å². The number of nitrogen functional groups attached to an aromatic ring is 1. The van der Waals surface area contributed by atoms with Gasteiger partial charge in [0.15, 0.2) is 0 Å². The quantitative estimate of drug-likeness (QED) is 0.690. The predicted octanol–water partition coefficient (Wildman–Crippen LogP) is 3.62. The van der Waals surface area contributed by atoms with E-state index >= 15 is 0 Å². The van der Waals surface area contributed by atoms with E-state index in [1.54, 1.807) is 16.7 Å². The van der Waals surface area contributed by atoms with Crippen molar-refractivity contribution in [2.24, 2.45) is 7.05 Å². The van der Waals surface area contributed by atoms with Gasteiger partial charge >= 0.3 is 0 Å². The molecule has 0 amide bonds. The number of nitrogens with zero attached hydrogens (tertiary/aromatic N) is 2. The lowest BCUT2D eigenvalue weighted by atomic mass is 10.1. The third-order valence-corrected chi connectivity index (χ3v) is 3.47. The van der Waals surface area contributed by atoms with Gasteiger partial charge < -0.3 is 10.3 Å². The van der Waals surface area contributed by atoms with Crippen LogP contribution in [0.1, 0.15) is 0 Å². The van der Waals surface area contributed by atoms with Gasteiger partial charge in [-0.25, -0.2) is 9.37 Å². The number of para-hydroxylation sites is 1. The molecular formula is C14H11ClFN3. The molecule has 0 saturated carbocycles. The minimum atomic E-state index is -0.291. The van der Waals surface area contributed by atoms with E-state index in [4.69, 9.17) is 17.3 Å². The number of rotatable bonds is 1. The van der Waals surface area contributed by atoms with Crippen molar-refractivity contribution in [3.63, 3.8) is 0 Å². The molecule has 2 N–H and O–H groups in total. The van der Waals surface area contributed by atoms with Gasteiger partial charge in [0, 0.05) is 12.6 Å². The zero-order valence-corrected chi connectivity index (χ0v) is 10.9. The van der Waals surface area contributed by atoms with Crippen molar-refractivity contribution in [2.75, 3.05) is 5.73 Å². The number of hydrogen-bond donors (Lipinski definition) is 1. The number of aryl methyl sites for hydroxylation is 1. The highest BCUT2D eigenvalue weighted by atomic mass is 35.5. The number of fused-ring (bicyclic) bond motifs is 1. The second-order valence-corrected chi connectivity index (χ2v) is 4.74. The van der Waals surface area contributed by atoms with Crippen LogP contribution in [0.15, 0.2) is 36.4 Å². The Bertz CT molecular complexity index is 780. The van der Waals surface area contributed by atoms with Gasteiger partial charge in [-0.15, -0.1) is 0 Å². The summed E-state index contributed by atoms with van der Waals surface area (Å²) in [5.74, 6) is 0.377. The first-order valence-corrected chi connectivity index (χ1v) is 6.12. The van der Waals surface area contributed by atoms with Crippen LogP contribution in [0, 0.1) is 5.82 Å². The minimum Gasteiger partial charge on any atom is -0.397 e. The monoisotopic (exact) mass is 275 g/mol. The van der Waals surface area contributed by atoms with Crippen LogP contribution in [-0.2, 0) is 7.05 Å². The first-order chi connectivity index (χ1) is 9.08. The Morgan fingerprint density at radius 1 is 1.26 bits per heavy atom. The summed E-state index contributed by atoms with van der Waals surface area (Å²) in [7, 11) is 1.82. The Morgan fingerprint density at radius 3 is 2.84 bits per heavy atom. The molecule has 3 nitrogen and oxygen atoms in total. The van der Waals surface area contributed by atoms with Crippen LogP contribution in [0.3, 0.4) is 0 Å². The molecule has 0 aliphatic heterocycles. The highest BCUT2D eigenvalue weighted by molar-refractivity contribution is 6.33. The van der Waals surface area contributed by atoms with E-state index in [1.165, 1.54) is 12.1 Å². The Hall–Kier alpha value is -2.07. The Labute approximate surface area is 114 Å². The molecule has 0 radical (unpaired) electrons. The van der Waals surface area contributed by atoms with Crippen molar-refractivity contribution in [1.82, 2.24) is 9.55 Å². The van der Waals surface area contributed by atoms with Gasteiger partial charge in [0.25, 0.3) is 0 Å². The third-order valence-electron chi connectivity index (χ3n) is 3.14. The fourth-order valence-electron chi connectivity index (χ4n) is 2.14. The lowest BCUT2D eigenvalue weighted by molar-refractivity contribution is 0.629. The third kappa shape index (κ3) is 1.85. The summed E-state index contributed by atoms with van der Waals surface area (Å²) in [5, 5.41) is 0.482. The zero-order chi connectivity index (χ0) is 13.6. The molecule has 0 aliphatic rings. The smallest absolute Gasteiger partial charge is 0.143 e. The summed E-state index contributed by atoms with van der Waals surface area (Å²) in [4.78, 5) is 4.48. The standard InChI is InChI=1S/C14H11ClFN3/c1-19-12-7-8(16)5-6-11(12)18-14(19)9-3-2-4-10(15)13(9)17/h2-7H,17H2,1H3. The number of halogens is 2. The van der Waals surface area contributed by atoms with Gasteiger partial charge in [-0.2, -0.15) is 0 Å². The molecule has 0 atom stereocenters. The van der Waals surface area contributed by atoms with Crippen molar-refractivity contribution < 1.29 is 4.39 Å². The Balaban J connectivity index is 2.31. The molecule has 1 aromatic heterocycles. The maximum atomic E-state index is 13.3. The number of benzene rings is 2. The van der Waals surface area contributed by atoms with Gasteiger partial charge in [-0.1, -0.05) is 17.7 Å². The topological polar surface area (TPSA) is 43.8 Å². The average molecular weight is 276 g/mol. The van der Waals surface area contributed by atoms with Crippen LogP contribution in [-0.4, -0.2) is 9.55 Å². The second kappa shape index (κ2) is 4.24.